The predicted octanol–water partition coefficient (Wildman–Crippen LogP) is 4.26. The van der Waals surface area contributed by atoms with Crippen LogP contribution in [0.2, 0.25) is 0 Å². The number of hydrogen-bond acceptors (Lipinski definition) is 4. The normalized spacial score (nSPS) is 10.0. The van der Waals surface area contributed by atoms with E-state index in [2.05, 4.69) is 38.9 Å². The Morgan fingerprint density at radius 2 is 1.89 bits per heavy atom. The lowest BCUT2D eigenvalue weighted by atomic mass is 10.2. The number of benzene rings is 1. The Balaban J connectivity index is 0.000000219. The molecular weight excluding hydrogens is 340 g/mol. The fraction of sp³-hybridized carbons (Fsp3) is 0.333. The van der Waals surface area contributed by atoms with Crippen molar-refractivity contribution in [3.8, 4) is 11.5 Å². The van der Waals surface area contributed by atoms with Crippen LogP contribution in [0.5, 0.6) is 0 Å². The summed E-state index contributed by atoms with van der Waals surface area (Å²) in [6.45, 7) is 6.26. The Hall–Kier alpha value is -3.02. The molecular formula is C21H28N4O2. The number of hydrogen-bond donors (Lipinski definition) is 2. The number of imidazole rings is 1. The summed E-state index contributed by atoms with van der Waals surface area (Å²) in [7, 11) is 0. The number of ether oxygens (including phenoxy) is 1. The number of nitrogens with zero attached hydrogens (tertiary/aromatic N) is 2. The van der Waals surface area contributed by atoms with Gasteiger partial charge in [0.2, 0.25) is 0 Å². The number of nitrogens with one attached hydrogen (secondary N) is 2. The van der Waals surface area contributed by atoms with Gasteiger partial charge in [-0.25, -0.2) is 4.98 Å². The molecule has 6 nitrogen and oxygen atoms in total. The summed E-state index contributed by atoms with van der Waals surface area (Å²) in [6.07, 6.45) is 6.74. The lowest BCUT2D eigenvalue weighted by molar-refractivity contribution is -0.143. The van der Waals surface area contributed by atoms with Gasteiger partial charge in [0.15, 0.2) is 5.82 Å². The van der Waals surface area contributed by atoms with E-state index in [0.29, 0.717) is 13.0 Å². The summed E-state index contributed by atoms with van der Waals surface area (Å²) in [5.41, 5.74) is 2.23. The maximum absolute atomic E-state index is 11.2. The average Bonchev–Trinajstić information content (AvgIpc) is 3.40. The van der Waals surface area contributed by atoms with Crippen LogP contribution >= 0.6 is 0 Å². The molecule has 0 aliphatic carbocycles. The Morgan fingerprint density at radius 3 is 2.48 bits per heavy atom. The van der Waals surface area contributed by atoms with E-state index in [0.717, 1.165) is 31.0 Å². The molecule has 3 aromatic rings. The molecule has 0 atom stereocenters. The first-order valence-corrected chi connectivity index (χ1v) is 9.33. The molecule has 27 heavy (non-hydrogen) atoms. The first-order valence-electron chi connectivity index (χ1n) is 9.33. The number of esters is 1. The second-order valence-electron chi connectivity index (χ2n) is 5.85. The van der Waals surface area contributed by atoms with E-state index >= 15 is 0 Å². The average molecular weight is 368 g/mol. The summed E-state index contributed by atoms with van der Waals surface area (Å²) in [4.78, 5) is 23.6. The molecule has 1 aromatic carbocycles. The third-order valence-electron chi connectivity index (χ3n) is 3.97. The van der Waals surface area contributed by atoms with E-state index < -0.39 is 0 Å². The zero-order chi connectivity index (χ0) is 19.3. The lowest BCUT2D eigenvalue weighted by Gasteiger charge is -2.22. The maximum atomic E-state index is 11.2. The van der Waals surface area contributed by atoms with Crippen molar-refractivity contribution >= 4 is 11.7 Å². The monoisotopic (exact) mass is 368 g/mol. The van der Waals surface area contributed by atoms with Crippen LogP contribution in [0.25, 0.3) is 11.5 Å². The Kier molecular flexibility index (Phi) is 8.69. The van der Waals surface area contributed by atoms with Crippen LogP contribution in [0, 0.1) is 0 Å². The number of para-hydroxylation sites is 1. The molecule has 0 unspecified atom stereocenters. The van der Waals surface area contributed by atoms with Gasteiger partial charge in [-0.3, -0.25) is 4.79 Å². The van der Waals surface area contributed by atoms with Gasteiger partial charge in [0, 0.05) is 43.8 Å². The van der Waals surface area contributed by atoms with E-state index in [4.69, 9.17) is 4.74 Å². The van der Waals surface area contributed by atoms with Crippen molar-refractivity contribution in [2.24, 2.45) is 0 Å². The van der Waals surface area contributed by atoms with E-state index in [9.17, 15) is 4.79 Å². The number of rotatable bonds is 8. The fourth-order valence-corrected chi connectivity index (χ4v) is 2.65. The molecule has 0 saturated heterocycles. The number of carbonyl (C=O) groups excluding carboxylic acids is 1. The summed E-state index contributed by atoms with van der Waals surface area (Å²) in [6, 6.07) is 14.2. The highest BCUT2D eigenvalue weighted by molar-refractivity contribution is 5.69. The number of aromatic amines is 2. The second kappa shape index (κ2) is 11.6. The molecule has 6 heteroatoms. The Morgan fingerprint density at radius 1 is 1.07 bits per heavy atom. The van der Waals surface area contributed by atoms with Crippen molar-refractivity contribution in [1.82, 2.24) is 15.0 Å². The standard InChI is InChI=1S/C14H21NO2.C7H7N3/c1-3-15(13-9-6-5-7-10-13)12-8-11-14(16)17-4-2;1-2-6(8-3-1)7-9-4-5-10-7/h5-7,9-10H,3-4,8,11-12H2,1-2H3;1-5,8H,(H,9,10). The van der Waals surface area contributed by atoms with Gasteiger partial charge in [-0.15, -0.1) is 0 Å². The topological polar surface area (TPSA) is 74.0 Å². The fourth-order valence-electron chi connectivity index (χ4n) is 2.65. The van der Waals surface area contributed by atoms with E-state index in [-0.39, 0.29) is 5.97 Å². The van der Waals surface area contributed by atoms with Gasteiger partial charge in [0.25, 0.3) is 0 Å². The first-order chi connectivity index (χ1) is 13.2. The van der Waals surface area contributed by atoms with Gasteiger partial charge in [-0.05, 0) is 44.5 Å². The van der Waals surface area contributed by atoms with Crippen molar-refractivity contribution in [3.05, 3.63) is 61.1 Å². The molecule has 0 bridgehead atoms. The van der Waals surface area contributed by atoms with Crippen LogP contribution in [0.4, 0.5) is 5.69 Å². The second-order valence-corrected chi connectivity index (χ2v) is 5.85. The number of H-pyrrole nitrogens is 2. The van der Waals surface area contributed by atoms with Crippen molar-refractivity contribution in [2.75, 3.05) is 24.6 Å². The Bertz CT molecular complexity index is 708. The van der Waals surface area contributed by atoms with Gasteiger partial charge in [-0.1, -0.05) is 18.2 Å². The van der Waals surface area contributed by atoms with Gasteiger partial charge < -0.3 is 19.6 Å². The largest absolute Gasteiger partial charge is 0.466 e. The lowest BCUT2D eigenvalue weighted by Crippen LogP contribution is -2.24. The highest BCUT2D eigenvalue weighted by Gasteiger charge is 2.06. The van der Waals surface area contributed by atoms with Crippen molar-refractivity contribution in [1.29, 1.82) is 0 Å². The van der Waals surface area contributed by atoms with Crippen LogP contribution < -0.4 is 4.90 Å². The first kappa shape index (κ1) is 20.3. The van der Waals surface area contributed by atoms with Gasteiger partial charge in [0.1, 0.15) is 0 Å². The highest BCUT2D eigenvalue weighted by atomic mass is 16.5. The summed E-state index contributed by atoms with van der Waals surface area (Å²) < 4.78 is 4.91. The number of carbonyl (C=O) groups is 1. The molecule has 2 N–H and O–H groups in total. The zero-order valence-corrected chi connectivity index (χ0v) is 16.0. The third kappa shape index (κ3) is 7.01. The quantitative estimate of drug-likeness (QED) is 0.583. The van der Waals surface area contributed by atoms with Crippen molar-refractivity contribution in [2.45, 2.75) is 26.7 Å². The summed E-state index contributed by atoms with van der Waals surface area (Å²) in [5, 5.41) is 0. The van der Waals surface area contributed by atoms with E-state index in [1.54, 1.807) is 12.4 Å². The van der Waals surface area contributed by atoms with Crippen LogP contribution in [0.1, 0.15) is 26.7 Å². The summed E-state index contributed by atoms with van der Waals surface area (Å²) >= 11 is 0. The highest BCUT2D eigenvalue weighted by Crippen LogP contribution is 2.13. The van der Waals surface area contributed by atoms with Crippen LogP contribution in [0.3, 0.4) is 0 Å². The van der Waals surface area contributed by atoms with Gasteiger partial charge >= 0.3 is 5.97 Å². The number of aromatic nitrogens is 3. The van der Waals surface area contributed by atoms with Crippen LogP contribution in [-0.4, -0.2) is 40.6 Å². The van der Waals surface area contributed by atoms with E-state index in [1.807, 2.05) is 43.5 Å². The Labute approximate surface area is 160 Å². The minimum atomic E-state index is -0.100. The summed E-state index contributed by atoms with van der Waals surface area (Å²) in [5.74, 6) is 0.779. The molecule has 0 aliphatic heterocycles. The third-order valence-corrected chi connectivity index (χ3v) is 3.97. The minimum Gasteiger partial charge on any atom is -0.466 e. The van der Waals surface area contributed by atoms with Crippen LogP contribution in [0.15, 0.2) is 61.1 Å². The van der Waals surface area contributed by atoms with Gasteiger partial charge in [-0.2, -0.15) is 0 Å². The molecule has 0 spiro atoms. The smallest absolute Gasteiger partial charge is 0.305 e. The SMILES string of the molecule is CCOC(=O)CCCN(CC)c1ccccc1.c1c[nH]c(-c2ncc[nH]2)c1. The molecule has 0 radical (unpaired) electrons. The van der Waals surface area contributed by atoms with Crippen molar-refractivity contribution in [3.63, 3.8) is 0 Å². The van der Waals surface area contributed by atoms with E-state index in [1.165, 1.54) is 5.69 Å². The molecule has 144 valence electrons. The minimum absolute atomic E-state index is 0.100. The molecule has 0 amide bonds. The molecule has 0 saturated carbocycles. The molecule has 3 rings (SSSR count). The molecule has 0 aliphatic rings. The predicted molar refractivity (Wildman–Crippen MR) is 109 cm³/mol. The molecule has 2 heterocycles. The zero-order valence-electron chi connectivity index (χ0n) is 16.0. The molecule has 2 aromatic heterocycles. The van der Waals surface area contributed by atoms with Crippen LogP contribution in [-0.2, 0) is 9.53 Å². The van der Waals surface area contributed by atoms with Gasteiger partial charge in [0.05, 0.1) is 12.3 Å². The molecule has 0 fully saturated rings. The maximum Gasteiger partial charge on any atom is 0.305 e. The number of anilines is 1. The van der Waals surface area contributed by atoms with Crippen molar-refractivity contribution < 1.29 is 9.53 Å².